The van der Waals surface area contributed by atoms with E-state index in [1.807, 2.05) is 0 Å². The van der Waals surface area contributed by atoms with Crippen LogP contribution in [0.15, 0.2) is 18.2 Å². The summed E-state index contributed by atoms with van der Waals surface area (Å²) < 4.78 is 79.7. The molecular formula is C20H18ClF6N5O. The van der Waals surface area contributed by atoms with Crippen LogP contribution in [-0.4, -0.2) is 38.2 Å². The average Bonchev–Trinajstić information content (AvgIpc) is 3.10. The minimum Gasteiger partial charge on any atom is -0.396 e. The molecule has 13 heteroatoms. The van der Waals surface area contributed by atoms with Crippen molar-refractivity contribution in [2.24, 2.45) is 5.92 Å². The Balaban J connectivity index is 1.87. The zero-order chi connectivity index (χ0) is 24.1. The van der Waals surface area contributed by atoms with Crippen molar-refractivity contribution in [1.82, 2.24) is 19.9 Å². The van der Waals surface area contributed by atoms with E-state index >= 15 is 0 Å². The number of anilines is 1. The Kier molecular flexibility index (Phi) is 5.94. The van der Waals surface area contributed by atoms with E-state index in [1.165, 1.54) is 4.90 Å². The van der Waals surface area contributed by atoms with Gasteiger partial charge in [0.15, 0.2) is 0 Å². The number of aromatic amines is 1. The van der Waals surface area contributed by atoms with Crippen LogP contribution in [0.5, 0.6) is 0 Å². The Labute approximate surface area is 188 Å². The van der Waals surface area contributed by atoms with Gasteiger partial charge in [-0.1, -0.05) is 18.5 Å². The molecule has 0 bridgehead atoms. The zero-order valence-corrected chi connectivity index (χ0v) is 17.9. The molecule has 6 nitrogen and oxygen atoms in total. The molecule has 0 saturated heterocycles. The number of H-pyrrole nitrogens is 1. The van der Waals surface area contributed by atoms with Crippen LogP contribution in [-0.2, 0) is 18.8 Å². The topological polar surface area (TPSA) is 77.9 Å². The molecule has 4 rings (SSSR count). The fraction of sp³-hybridized carbons (Fsp3) is 0.450. The smallest absolute Gasteiger partial charge is 0.396 e. The van der Waals surface area contributed by atoms with Gasteiger partial charge in [-0.05, 0) is 42.5 Å². The van der Waals surface area contributed by atoms with Gasteiger partial charge in [-0.2, -0.15) is 36.3 Å². The summed E-state index contributed by atoms with van der Waals surface area (Å²) in [6.07, 6.45) is -9.83. The zero-order valence-electron chi connectivity index (χ0n) is 17.1. The summed E-state index contributed by atoms with van der Waals surface area (Å²) in [5.74, 6) is -4.85. The lowest BCUT2D eigenvalue weighted by Gasteiger charge is -2.37. The minimum absolute atomic E-state index is 0.0634. The third kappa shape index (κ3) is 4.58. The van der Waals surface area contributed by atoms with Gasteiger partial charge >= 0.3 is 12.4 Å². The number of alkyl halides is 6. The molecule has 0 aliphatic carbocycles. The molecule has 1 aromatic carbocycles. The fourth-order valence-electron chi connectivity index (χ4n) is 4.03. The van der Waals surface area contributed by atoms with Crippen LogP contribution in [0.4, 0.5) is 32.3 Å². The van der Waals surface area contributed by atoms with E-state index in [2.05, 4.69) is 19.9 Å². The Morgan fingerprint density at radius 3 is 2.33 bits per heavy atom. The number of aliphatic hydroxyl groups is 1. The highest BCUT2D eigenvalue weighted by atomic mass is 35.5. The van der Waals surface area contributed by atoms with Gasteiger partial charge in [0.05, 0.1) is 6.04 Å². The van der Waals surface area contributed by atoms with E-state index in [1.54, 1.807) is 25.1 Å². The molecule has 2 atom stereocenters. The summed E-state index contributed by atoms with van der Waals surface area (Å²) in [5, 5.41) is 10.9. The lowest BCUT2D eigenvalue weighted by Crippen LogP contribution is -2.39. The molecule has 3 heterocycles. The maximum absolute atomic E-state index is 13.3. The van der Waals surface area contributed by atoms with Crippen LogP contribution in [0.3, 0.4) is 0 Å². The number of rotatable bonds is 4. The molecule has 0 amide bonds. The van der Waals surface area contributed by atoms with Crippen molar-refractivity contribution in [3.63, 3.8) is 0 Å². The van der Waals surface area contributed by atoms with Gasteiger partial charge in [-0.3, -0.25) is 0 Å². The summed E-state index contributed by atoms with van der Waals surface area (Å²) in [6.45, 7) is 1.57. The quantitative estimate of drug-likeness (QED) is 0.491. The SMILES string of the molecule is CC(CO)CC1c2[nH]c3ccc(Cl)cc3c2CCN1c1nc(C(F)(F)F)nc(C(F)(F)F)n1. The Morgan fingerprint density at radius 2 is 1.76 bits per heavy atom. The van der Waals surface area contributed by atoms with Crippen LogP contribution in [0, 0.1) is 5.92 Å². The molecule has 0 fully saturated rings. The van der Waals surface area contributed by atoms with Crippen molar-refractivity contribution in [3.05, 3.63) is 46.1 Å². The highest BCUT2D eigenvalue weighted by Crippen LogP contribution is 2.41. The number of aliphatic hydroxyl groups excluding tert-OH is 1. The van der Waals surface area contributed by atoms with Crippen molar-refractivity contribution >= 4 is 28.5 Å². The van der Waals surface area contributed by atoms with Crippen molar-refractivity contribution in [3.8, 4) is 0 Å². The van der Waals surface area contributed by atoms with Crippen LogP contribution in [0.25, 0.3) is 10.9 Å². The molecular weight excluding hydrogens is 476 g/mol. The average molecular weight is 494 g/mol. The maximum Gasteiger partial charge on any atom is 0.451 e. The van der Waals surface area contributed by atoms with Crippen LogP contribution < -0.4 is 4.90 Å². The van der Waals surface area contributed by atoms with Crippen molar-refractivity contribution in [2.75, 3.05) is 18.1 Å². The molecule has 33 heavy (non-hydrogen) atoms. The number of nitrogens with zero attached hydrogens (tertiary/aromatic N) is 4. The third-order valence-corrected chi connectivity index (χ3v) is 5.77. The molecule has 0 spiro atoms. The number of fused-ring (bicyclic) bond motifs is 3. The number of aromatic nitrogens is 4. The molecule has 0 saturated carbocycles. The van der Waals surface area contributed by atoms with Crippen LogP contribution in [0.1, 0.15) is 42.3 Å². The number of benzene rings is 1. The Bertz CT molecular complexity index is 1150. The Hall–Kier alpha value is -2.60. The Morgan fingerprint density at radius 1 is 1.12 bits per heavy atom. The monoisotopic (exact) mass is 493 g/mol. The molecule has 3 aromatic rings. The molecule has 178 valence electrons. The maximum atomic E-state index is 13.3. The summed E-state index contributed by atoms with van der Waals surface area (Å²) >= 11 is 6.11. The standard InChI is InChI=1S/C20H18ClF6N5O/c1-9(8-33)6-14-15-11(12-7-10(21)2-3-13(12)28-15)4-5-32(14)18-30-16(19(22,23)24)29-17(31-18)20(25,26)27/h2-3,7,9,14,28,33H,4-6,8H2,1H3. The predicted octanol–water partition coefficient (Wildman–Crippen LogP) is 5.17. The first-order chi connectivity index (χ1) is 15.4. The van der Waals surface area contributed by atoms with Crippen molar-refractivity contribution < 1.29 is 31.4 Å². The van der Waals surface area contributed by atoms with Crippen LogP contribution in [0.2, 0.25) is 5.02 Å². The lowest BCUT2D eigenvalue weighted by atomic mass is 9.91. The van der Waals surface area contributed by atoms with E-state index in [9.17, 15) is 31.4 Å². The van der Waals surface area contributed by atoms with E-state index in [4.69, 9.17) is 11.6 Å². The van der Waals surface area contributed by atoms with Gasteiger partial charge in [-0.25, -0.2) is 4.98 Å². The summed E-state index contributed by atoms with van der Waals surface area (Å²) in [5.41, 5.74) is 2.21. The second-order valence-corrected chi connectivity index (χ2v) is 8.40. The highest BCUT2D eigenvalue weighted by Gasteiger charge is 2.43. The molecule has 2 N–H and O–H groups in total. The van der Waals surface area contributed by atoms with E-state index < -0.39 is 36.0 Å². The van der Waals surface area contributed by atoms with Crippen molar-refractivity contribution in [2.45, 2.75) is 38.2 Å². The summed E-state index contributed by atoms with van der Waals surface area (Å²) in [7, 11) is 0. The first kappa shape index (κ1) is 23.6. The second-order valence-electron chi connectivity index (χ2n) is 7.97. The number of nitrogens with one attached hydrogen (secondary N) is 1. The first-order valence-electron chi connectivity index (χ1n) is 9.96. The second kappa shape index (κ2) is 8.32. The number of hydrogen-bond donors (Lipinski definition) is 2. The minimum atomic E-state index is -5.19. The molecule has 0 radical (unpaired) electrons. The van der Waals surface area contributed by atoms with Gasteiger partial charge in [0, 0.05) is 34.8 Å². The fourth-order valence-corrected chi connectivity index (χ4v) is 4.20. The highest BCUT2D eigenvalue weighted by molar-refractivity contribution is 6.31. The number of hydrogen-bond acceptors (Lipinski definition) is 5. The van der Waals surface area contributed by atoms with E-state index in [-0.39, 0.29) is 25.5 Å². The van der Waals surface area contributed by atoms with Gasteiger partial charge in [0.25, 0.3) is 0 Å². The lowest BCUT2D eigenvalue weighted by molar-refractivity contribution is -0.155. The third-order valence-electron chi connectivity index (χ3n) is 5.54. The largest absolute Gasteiger partial charge is 0.451 e. The predicted molar refractivity (Wildman–Crippen MR) is 108 cm³/mol. The van der Waals surface area contributed by atoms with Gasteiger partial charge in [0.1, 0.15) is 0 Å². The van der Waals surface area contributed by atoms with Gasteiger partial charge in [-0.15, -0.1) is 0 Å². The van der Waals surface area contributed by atoms with E-state index in [0.29, 0.717) is 17.1 Å². The number of halogens is 7. The molecule has 1 aliphatic rings. The summed E-state index contributed by atoms with van der Waals surface area (Å²) in [4.78, 5) is 13.8. The molecule has 1 aliphatic heterocycles. The van der Waals surface area contributed by atoms with Gasteiger partial charge in [0.2, 0.25) is 17.6 Å². The van der Waals surface area contributed by atoms with Gasteiger partial charge < -0.3 is 15.0 Å². The normalized spacial score (nSPS) is 18.0. The first-order valence-corrected chi connectivity index (χ1v) is 10.3. The van der Waals surface area contributed by atoms with Crippen molar-refractivity contribution in [1.29, 1.82) is 0 Å². The summed E-state index contributed by atoms with van der Waals surface area (Å²) in [6, 6.07) is 4.47. The van der Waals surface area contributed by atoms with Crippen LogP contribution >= 0.6 is 11.6 Å². The molecule has 2 unspecified atom stereocenters. The molecule has 2 aromatic heterocycles. The van der Waals surface area contributed by atoms with E-state index in [0.717, 1.165) is 16.5 Å².